The van der Waals surface area contributed by atoms with Gasteiger partial charge >= 0.3 is 0 Å². The van der Waals surface area contributed by atoms with Gasteiger partial charge < -0.3 is 5.32 Å². The highest BCUT2D eigenvalue weighted by Crippen LogP contribution is 2.24. The van der Waals surface area contributed by atoms with Gasteiger partial charge in [0.15, 0.2) is 0 Å². The van der Waals surface area contributed by atoms with Crippen molar-refractivity contribution in [3.8, 4) is 0 Å². The van der Waals surface area contributed by atoms with Crippen molar-refractivity contribution in [2.75, 3.05) is 0 Å². The number of thiazole rings is 1. The summed E-state index contributed by atoms with van der Waals surface area (Å²) in [6, 6.07) is 4.94. The van der Waals surface area contributed by atoms with Crippen LogP contribution in [0.4, 0.5) is 5.69 Å². The Morgan fingerprint density at radius 1 is 1.58 bits per heavy atom. The standard InChI is InChI=1S/C12H12BrN3O2S/c1-8(12-14-4-5-19-12)15-7-9-2-3-10(16(17)18)6-11(9)13/h2-6,8,15H,7H2,1H3. The average Bonchev–Trinajstić information content (AvgIpc) is 2.90. The van der Waals surface area contributed by atoms with E-state index in [1.807, 2.05) is 12.3 Å². The van der Waals surface area contributed by atoms with Crippen molar-refractivity contribution in [2.45, 2.75) is 19.5 Å². The number of nitro groups is 1. The Hall–Kier alpha value is -1.31. The topological polar surface area (TPSA) is 68.1 Å². The summed E-state index contributed by atoms with van der Waals surface area (Å²) in [5.41, 5.74) is 1.07. The second-order valence-electron chi connectivity index (χ2n) is 4.01. The Morgan fingerprint density at radius 2 is 2.37 bits per heavy atom. The third kappa shape index (κ3) is 3.59. The molecule has 0 aliphatic carbocycles. The number of hydrogen-bond acceptors (Lipinski definition) is 5. The van der Waals surface area contributed by atoms with Crippen LogP contribution in [0.25, 0.3) is 0 Å². The maximum atomic E-state index is 10.6. The van der Waals surface area contributed by atoms with Crippen molar-refractivity contribution in [1.82, 2.24) is 10.3 Å². The van der Waals surface area contributed by atoms with Crippen LogP contribution in [0.3, 0.4) is 0 Å². The first-order valence-corrected chi connectivity index (χ1v) is 7.31. The predicted molar refractivity (Wildman–Crippen MR) is 78.2 cm³/mol. The van der Waals surface area contributed by atoms with Crippen LogP contribution >= 0.6 is 27.3 Å². The van der Waals surface area contributed by atoms with Gasteiger partial charge in [-0.2, -0.15) is 0 Å². The van der Waals surface area contributed by atoms with Crippen LogP contribution in [0, 0.1) is 10.1 Å². The highest BCUT2D eigenvalue weighted by molar-refractivity contribution is 9.10. The molecule has 0 bridgehead atoms. The van der Waals surface area contributed by atoms with Gasteiger partial charge in [0.1, 0.15) is 5.01 Å². The molecule has 2 rings (SSSR count). The van der Waals surface area contributed by atoms with Crippen LogP contribution in [0.2, 0.25) is 0 Å². The van der Waals surface area contributed by atoms with E-state index in [2.05, 4.69) is 26.2 Å². The summed E-state index contributed by atoms with van der Waals surface area (Å²) in [6.45, 7) is 2.66. The minimum absolute atomic E-state index is 0.0867. The number of halogens is 1. The molecule has 100 valence electrons. The van der Waals surface area contributed by atoms with Crippen molar-refractivity contribution in [1.29, 1.82) is 0 Å². The molecule has 19 heavy (non-hydrogen) atoms. The van der Waals surface area contributed by atoms with E-state index in [0.29, 0.717) is 6.54 Å². The molecule has 1 atom stereocenters. The fraction of sp³-hybridized carbons (Fsp3) is 0.250. The summed E-state index contributed by atoms with van der Waals surface area (Å²) in [6.07, 6.45) is 1.78. The Labute approximate surface area is 123 Å². The molecule has 0 aliphatic heterocycles. The Balaban J connectivity index is 2.02. The molecule has 2 aromatic rings. The monoisotopic (exact) mass is 341 g/mol. The van der Waals surface area contributed by atoms with Crippen LogP contribution in [0.1, 0.15) is 23.5 Å². The van der Waals surface area contributed by atoms with Gasteiger partial charge in [-0.25, -0.2) is 4.98 Å². The summed E-state index contributed by atoms with van der Waals surface area (Å²) >= 11 is 4.96. The lowest BCUT2D eigenvalue weighted by Crippen LogP contribution is -2.18. The lowest BCUT2D eigenvalue weighted by atomic mass is 10.2. The maximum absolute atomic E-state index is 10.6. The van der Waals surface area contributed by atoms with Gasteiger partial charge in [0.05, 0.1) is 11.0 Å². The Morgan fingerprint density at radius 3 is 2.95 bits per heavy atom. The van der Waals surface area contributed by atoms with Gasteiger partial charge in [0.2, 0.25) is 0 Å². The van der Waals surface area contributed by atoms with Crippen molar-refractivity contribution >= 4 is 33.0 Å². The van der Waals surface area contributed by atoms with Gasteiger partial charge in [-0.05, 0) is 18.6 Å². The Kier molecular flexibility index (Phi) is 4.62. The number of benzene rings is 1. The molecule has 5 nitrogen and oxygen atoms in total. The van der Waals surface area contributed by atoms with E-state index in [9.17, 15) is 10.1 Å². The zero-order valence-electron chi connectivity index (χ0n) is 10.2. The number of aromatic nitrogens is 1. The van der Waals surface area contributed by atoms with Gasteiger partial charge in [0, 0.05) is 34.7 Å². The fourth-order valence-electron chi connectivity index (χ4n) is 1.59. The van der Waals surface area contributed by atoms with Crippen molar-refractivity contribution in [3.05, 3.63) is 54.9 Å². The maximum Gasteiger partial charge on any atom is 0.270 e. The quantitative estimate of drug-likeness (QED) is 0.665. The van der Waals surface area contributed by atoms with Gasteiger partial charge in [0.25, 0.3) is 5.69 Å². The smallest absolute Gasteiger partial charge is 0.270 e. The predicted octanol–water partition coefficient (Wildman–Crippen LogP) is 3.66. The number of nitrogens with one attached hydrogen (secondary N) is 1. The molecule has 0 saturated carbocycles. The van der Waals surface area contributed by atoms with Gasteiger partial charge in [-0.15, -0.1) is 11.3 Å². The zero-order valence-corrected chi connectivity index (χ0v) is 12.6. The molecular weight excluding hydrogens is 330 g/mol. The molecule has 1 aromatic heterocycles. The van der Waals surface area contributed by atoms with Gasteiger partial charge in [-0.1, -0.05) is 15.9 Å². The molecule has 1 aromatic carbocycles. The highest BCUT2D eigenvalue weighted by atomic mass is 79.9. The summed E-state index contributed by atoms with van der Waals surface area (Å²) < 4.78 is 0.737. The molecule has 0 amide bonds. The van der Waals surface area contributed by atoms with E-state index in [4.69, 9.17) is 0 Å². The minimum atomic E-state index is -0.403. The van der Waals surface area contributed by atoms with Crippen LogP contribution in [-0.2, 0) is 6.54 Å². The molecule has 0 spiro atoms. The average molecular weight is 342 g/mol. The van der Waals surface area contributed by atoms with E-state index in [0.717, 1.165) is 15.0 Å². The van der Waals surface area contributed by atoms with E-state index >= 15 is 0 Å². The Bertz CT molecular complexity index is 574. The first kappa shape index (κ1) is 14.1. The molecule has 0 radical (unpaired) electrons. The molecule has 0 fully saturated rings. The summed E-state index contributed by atoms with van der Waals surface area (Å²) in [5.74, 6) is 0. The van der Waals surface area contributed by atoms with Crippen LogP contribution in [0.15, 0.2) is 34.2 Å². The zero-order chi connectivity index (χ0) is 13.8. The van der Waals surface area contributed by atoms with E-state index in [1.165, 1.54) is 12.1 Å². The first-order chi connectivity index (χ1) is 9.08. The summed E-state index contributed by atoms with van der Waals surface area (Å²) in [7, 11) is 0. The van der Waals surface area contributed by atoms with E-state index < -0.39 is 4.92 Å². The normalized spacial score (nSPS) is 12.3. The fourth-order valence-corrected chi connectivity index (χ4v) is 2.77. The molecule has 1 unspecified atom stereocenters. The van der Waals surface area contributed by atoms with E-state index in [-0.39, 0.29) is 11.7 Å². The second kappa shape index (κ2) is 6.23. The minimum Gasteiger partial charge on any atom is -0.304 e. The lowest BCUT2D eigenvalue weighted by Gasteiger charge is -2.12. The summed E-state index contributed by atoms with van der Waals surface area (Å²) in [4.78, 5) is 14.5. The number of non-ortho nitro benzene ring substituents is 1. The van der Waals surface area contributed by atoms with Crippen LogP contribution in [-0.4, -0.2) is 9.91 Å². The third-order valence-electron chi connectivity index (χ3n) is 2.67. The number of nitrogens with zero attached hydrogens (tertiary/aromatic N) is 2. The third-order valence-corrected chi connectivity index (χ3v) is 4.36. The highest BCUT2D eigenvalue weighted by Gasteiger charge is 2.11. The van der Waals surface area contributed by atoms with Crippen molar-refractivity contribution in [3.63, 3.8) is 0 Å². The number of hydrogen-bond donors (Lipinski definition) is 1. The van der Waals surface area contributed by atoms with Crippen LogP contribution in [0.5, 0.6) is 0 Å². The molecule has 7 heteroatoms. The molecule has 1 N–H and O–H groups in total. The number of rotatable bonds is 5. The largest absolute Gasteiger partial charge is 0.304 e. The number of nitro benzene ring substituents is 1. The summed E-state index contributed by atoms with van der Waals surface area (Å²) in [5, 5.41) is 17.0. The van der Waals surface area contributed by atoms with Crippen LogP contribution < -0.4 is 5.32 Å². The van der Waals surface area contributed by atoms with Crippen molar-refractivity contribution < 1.29 is 4.92 Å². The first-order valence-electron chi connectivity index (χ1n) is 5.63. The molecule has 1 heterocycles. The van der Waals surface area contributed by atoms with Crippen molar-refractivity contribution in [2.24, 2.45) is 0 Å². The van der Waals surface area contributed by atoms with E-state index in [1.54, 1.807) is 23.6 Å². The molecule has 0 aliphatic rings. The molecular formula is C12H12BrN3O2S. The van der Waals surface area contributed by atoms with Gasteiger partial charge in [-0.3, -0.25) is 10.1 Å². The second-order valence-corrected chi connectivity index (χ2v) is 5.79. The lowest BCUT2D eigenvalue weighted by molar-refractivity contribution is -0.384. The molecule has 0 saturated heterocycles. The SMILES string of the molecule is CC(NCc1ccc([N+](=O)[O-])cc1Br)c1nccs1.